The molecule has 0 heterocycles. The fraction of sp³-hybridized carbons (Fsp3) is 0.286. The van der Waals surface area contributed by atoms with Gasteiger partial charge in [-0.15, -0.1) is 0 Å². The second-order valence-electron chi connectivity index (χ2n) is 3.84. The molecule has 0 bridgehead atoms. The highest BCUT2D eigenvalue weighted by Gasteiger charge is 2.09. The van der Waals surface area contributed by atoms with Crippen LogP contribution in [0.3, 0.4) is 0 Å². The van der Waals surface area contributed by atoms with Crippen LogP contribution in [-0.2, 0) is 9.53 Å². The number of esters is 1. The quantitative estimate of drug-likeness (QED) is 0.644. The maximum absolute atomic E-state index is 11.7. The van der Waals surface area contributed by atoms with E-state index in [-0.39, 0.29) is 5.91 Å². The third-order valence-electron chi connectivity index (χ3n) is 2.38. The molecule has 0 unspecified atom stereocenters. The van der Waals surface area contributed by atoms with Crippen molar-refractivity contribution in [3.05, 3.63) is 47.0 Å². The summed E-state index contributed by atoms with van der Waals surface area (Å²) in [6.45, 7) is 5.99. The fourth-order valence-corrected chi connectivity index (χ4v) is 1.49. The zero-order valence-corrected chi connectivity index (χ0v) is 11.5. The topological polar surface area (TPSA) is 55.4 Å². The van der Waals surface area contributed by atoms with E-state index in [4.69, 9.17) is 16.3 Å². The minimum atomic E-state index is -0.428. The van der Waals surface area contributed by atoms with E-state index in [0.717, 1.165) is 0 Å². The van der Waals surface area contributed by atoms with Gasteiger partial charge in [0.15, 0.2) is 0 Å². The van der Waals surface area contributed by atoms with Crippen LogP contribution in [0.1, 0.15) is 23.7 Å². The van der Waals surface area contributed by atoms with Crippen LogP contribution >= 0.6 is 11.6 Å². The first-order valence-corrected chi connectivity index (χ1v) is 6.31. The molecule has 4 nitrogen and oxygen atoms in total. The highest BCUT2D eigenvalue weighted by atomic mass is 35.5. The fourth-order valence-electron chi connectivity index (χ4n) is 1.37. The van der Waals surface area contributed by atoms with Crippen molar-refractivity contribution in [2.24, 2.45) is 0 Å². The lowest BCUT2D eigenvalue weighted by Gasteiger charge is -2.07. The summed E-state index contributed by atoms with van der Waals surface area (Å²) in [6.07, 6.45) is 0.359. The lowest BCUT2D eigenvalue weighted by molar-refractivity contribution is -0.138. The van der Waals surface area contributed by atoms with Gasteiger partial charge in [-0.2, -0.15) is 0 Å². The molecular formula is C14H16ClNO3. The molecule has 0 spiro atoms. The van der Waals surface area contributed by atoms with Gasteiger partial charge in [0, 0.05) is 22.7 Å². The number of ether oxygens (including phenoxy) is 1. The molecule has 0 saturated carbocycles. The van der Waals surface area contributed by atoms with Crippen LogP contribution in [0.4, 0.5) is 0 Å². The van der Waals surface area contributed by atoms with Crippen LogP contribution in [0.2, 0.25) is 5.02 Å². The van der Waals surface area contributed by atoms with Crippen molar-refractivity contribution in [2.75, 3.05) is 13.2 Å². The monoisotopic (exact) mass is 281 g/mol. The summed E-state index contributed by atoms with van der Waals surface area (Å²) in [6, 6.07) is 6.57. The number of rotatable bonds is 6. The third-order valence-corrected chi connectivity index (χ3v) is 2.63. The Kier molecular flexibility index (Phi) is 6.09. The predicted molar refractivity (Wildman–Crippen MR) is 74.2 cm³/mol. The van der Waals surface area contributed by atoms with Crippen LogP contribution < -0.4 is 5.32 Å². The van der Waals surface area contributed by atoms with Gasteiger partial charge >= 0.3 is 5.97 Å². The lowest BCUT2D eigenvalue weighted by atomic mass is 10.2. The van der Waals surface area contributed by atoms with E-state index >= 15 is 0 Å². The van der Waals surface area contributed by atoms with Gasteiger partial charge in [-0.3, -0.25) is 4.79 Å². The number of hydrogen-bond donors (Lipinski definition) is 1. The number of nitrogens with one attached hydrogen (secondary N) is 1. The maximum Gasteiger partial charge on any atom is 0.333 e. The van der Waals surface area contributed by atoms with E-state index in [1.807, 2.05) is 0 Å². The molecule has 1 aromatic carbocycles. The van der Waals surface area contributed by atoms with E-state index in [9.17, 15) is 9.59 Å². The summed E-state index contributed by atoms with van der Waals surface area (Å²) < 4.78 is 4.79. The molecule has 1 N–H and O–H groups in total. The van der Waals surface area contributed by atoms with Gasteiger partial charge < -0.3 is 10.1 Å². The van der Waals surface area contributed by atoms with Gasteiger partial charge in [0.1, 0.15) is 0 Å². The Hall–Kier alpha value is -1.81. The second kappa shape index (κ2) is 7.59. The van der Waals surface area contributed by atoms with Crippen LogP contribution in [0.15, 0.2) is 36.4 Å². The normalized spacial score (nSPS) is 9.79. The first kappa shape index (κ1) is 15.2. The number of carbonyl (C=O) groups is 2. The zero-order valence-electron chi connectivity index (χ0n) is 10.7. The average molecular weight is 282 g/mol. The molecule has 1 rings (SSSR count). The van der Waals surface area contributed by atoms with Crippen LogP contribution in [0.5, 0.6) is 0 Å². The Morgan fingerprint density at radius 3 is 2.53 bits per heavy atom. The highest BCUT2D eigenvalue weighted by Crippen LogP contribution is 2.09. The largest absolute Gasteiger partial charge is 0.463 e. The van der Waals surface area contributed by atoms with Crippen LogP contribution in [0.25, 0.3) is 0 Å². The Balaban J connectivity index is 2.37. The molecule has 0 aliphatic carbocycles. The van der Waals surface area contributed by atoms with Crippen molar-refractivity contribution in [1.29, 1.82) is 0 Å². The molecule has 0 atom stereocenters. The summed E-state index contributed by atoms with van der Waals surface area (Å²) in [7, 11) is 0. The van der Waals surface area contributed by atoms with Gasteiger partial charge in [0.25, 0.3) is 5.91 Å². The average Bonchev–Trinajstić information content (AvgIpc) is 2.39. The van der Waals surface area contributed by atoms with Gasteiger partial charge in [-0.1, -0.05) is 18.2 Å². The molecular weight excluding hydrogens is 266 g/mol. The lowest BCUT2D eigenvalue weighted by Crippen LogP contribution is -2.25. The number of hydrogen-bond acceptors (Lipinski definition) is 3. The van der Waals surface area contributed by atoms with Gasteiger partial charge in [0.05, 0.1) is 6.61 Å². The molecule has 0 saturated heterocycles. The smallest absolute Gasteiger partial charge is 0.333 e. The molecule has 102 valence electrons. The summed E-state index contributed by atoms with van der Waals surface area (Å²) >= 11 is 5.73. The molecule has 5 heteroatoms. The third kappa shape index (κ3) is 5.14. The zero-order chi connectivity index (χ0) is 14.3. The molecule has 1 amide bonds. The molecule has 0 aromatic heterocycles. The van der Waals surface area contributed by atoms with Gasteiger partial charge in [-0.25, -0.2) is 4.79 Å². The van der Waals surface area contributed by atoms with Crippen molar-refractivity contribution >= 4 is 23.5 Å². The van der Waals surface area contributed by atoms with Gasteiger partial charge in [-0.05, 0) is 37.6 Å². The molecule has 0 aliphatic heterocycles. The van der Waals surface area contributed by atoms with E-state index < -0.39 is 5.97 Å². The minimum absolute atomic E-state index is 0.215. The van der Waals surface area contributed by atoms with Crippen molar-refractivity contribution in [2.45, 2.75) is 13.3 Å². The Bertz CT molecular complexity index is 468. The second-order valence-corrected chi connectivity index (χ2v) is 4.27. The van der Waals surface area contributed by atoms with Crippen molar-refractivity contribution in [3.8, 4) is 0 Å². The van der Waals surface area contributed by atoms with Crippen molar-refractivity contribution < 1.29 is 14.3 Å². The summed E-state index contributed by atoms with van der Waals surface area (Å²) in [4.78, 5) is 23.0. The van der Waals surface area contributed by atoms with Crippen LogP contribution in [-0.4, -0.2) is 25.0 Å². The number of carbonyl (C=O) groups excluding carboxylic acids is 2. The Labute approximate surface area is 117 Å². The highest BCUT2D eigenvalue weighted by molar-refractivity contribution is 6.30. The molecule has 0 radical (unpaired) electrons. The van der Waals surface area contributed by atoms with E-state index in [0.29, 0.717) is 35.7 Å². The number of benzene rings is 1. The van der Waals surface area contributed by atoms with E-state index in [1.54, 1.807) is 31.2 Å². The first-order valence-electron chi connectivity index (χ1n) is 5.93. The van der Waals surface area contributed by atoms with E-state index in [1.165, 1.54) is 0 Å². The maximum atomic E-state index is 11.7. The predicted octanol–water partition coefficient (Wildman–Crippen LogP) is 2.58. The van der Waals surface area contributed by atoms with Gasteiger partial charge in [0.2, 0.25) is 0 Å². The molecule has 0 aliphatic rings. The Morgan fingerprint density at radius 2 is 1.95 bits per heavy atom. The van der Waals surface area contributed by atoms with Crippen LogP contribution in [0, 0.1) is 0 Å². The minimum Gasteiger partial charge on any atom is -0.463 e. The van der Waals surface area contributed by atoms with Crippen molar-refractivity contribution in [3.63, 3.8) is 0 Å². The summed E-state index contributed by atoms with van der Waals surface area (Å²) in [5.74, 6) is -0.642. The number of amides is 1. The van der Waals surface area contributed by atoms with Crippen molar-refractivity contribution in [1.82, 2.24) is 5.32 Å². The molecule has 19 heavy (non-hydrogen) atoms. The summed E-state index contributed by atoms with van der Waals surface area (Å²) in [5, 5.41) is 3.27. The standard InChI is InChI=1S/C14H16ClNO3/c1-3-19-14(18)10(2)8-9-16-13(17)11-4-6-12(15)7-5-11/h4-7H,2-3,8-9H2,1H3,(H,16,17). The SMILES string of the molecule is C=C(CCNC(=O)c1ccc(Cl)cc1)C(=O)OCC. The van der Waals surface area contributed by atoms with E-state index in [2.05, 4.69) is 11.9 Å². The molecule has 0 fully saturated rings. The molecule has 1 aromatic rings. The number of halogens is 1. The summed E-state index contributed by atoms with van der Waals surface area (Å²) in [5.41, 5.74) is 0.865. The Morgan fingerprint density at radius 1 is 1.32 bits per heavy atom. The first-order chi connectivity index (χ1) is 9.04.